The van der Waals surface area contributed by atoms with Crippen molar-refractivity contribution in [2.24, 2.45) is 11.3 Å². The van der Waals surface area contributed by atoms with Crippen molar-refractivity contribution in [1.29, 1.82) is 0 Å². The van der Waals surface area contributed by atoms with Crippen LogP contribution in [0.4, 0.5) is 0 Å². The van der Waals surface area contributed by atoms with Gasteiger partial charge < -0.3 is 14.6 Å². The molecule has 5 rings (SSSR count). The average molecular weight is 409 g/mol. The minimum atomic E-state index is -0.302. The van der Waals surface area contributed by atoms with E-state index >= 15 is 0 Å². The van der Waals surface area contributed by atoms with E-state index in [0.717, 1.165) is 58.2 Å². The van der Waals surface area contributed by atoms with Crippen LogP contribution in [0.15, 0.2) is 54.6 Å². The number of benzene rings is 2. The predicted octanol–water partition coefficient (Wildman–Crippen LogP) is 2.60. The summed E-state index contributed by atoms with van der Waals surface area (Å²) in [6, 6.07) is 19.0. The van der Waals surface area contributed by atoms with Gasteiger partial charge in [-0.25, -0.2) is 0 Å². The van der Waals surface area contributed by atoms with Gasteiger partial charge in [0.05, 0.1) is 26.4 Å². The van der Waals surface area contributed by atoms with Crippen molar-refractivity contribution in [3.05, 3.63) is 65.7 Å². The number of morpholine rings is 1. The van der Waals surface area contributed by atoms with Gasteiger partial charge in [-0.1, -0.05) is 48.5 Å². The van der Waals surface area contributed by atoms with Gasteiger partial charge in [0.2, 0.25) is 0 Å². The number of β-amino-alcohol motifs (C(OH)–C–C–N with tert-alkyl or cyclic N) is 1. The van der Waals surface area contributed by atoms with Crippen LogP contribution in [-0.4, -0.2) is 74.1 Å². The van der Waals surface area contributed by atoms with E-state index in [1.54, 1.807) is 7.11 Å². The predicted molar refractivity (Wildman–Crippen MR) is 117 cm³/mol. The molecule has 0 aromatic heterocycles. The lowest BCUT2D eigenvalue weighted by Crippen LogP contribution is -2.39. The molecule has 5 heteroatoms. The van der Waals surface area contributed by atoms with Crippen LogP contribution in [0.2, 0.25) is 0 Å². The number of aliphatic hydroxyl groups excluding tert-OH is 1. The molecule has 30 heavy (non-hydrogen) atoms. The summed E-state index contributed by atoms with van der Waals surface area (Å²) in [6.45, 7) is 7.14. The molecule has 0 unspecified atom stereocenters. The van der Waals surface area contributed by atoms with Gasteiger partial charge >= 0.3 is 0 Å². The Morgan fingerprint density at radius 2 is 1.77 bits per heavy atom. The average Bonchev–Trinajstić information content (AvgIpc) is 3.29. The summed E-state index contributed by atoms with van der Waals surface area (Å²) >= 11 is 0. The molecule has 3 aliphatic rings. The maximum Gasteiger partial charge on any atom is 0.123 e. The Bertz CT molecular complexity index is 854. The highest BCUT2D eigenvalue weighted by atomic mass is 16.5. The summed E-state index contributed by atoms with van der Waals surface area (Å²) in [4.78, 5) is 4.94. The minimum absolute atomic E-state index is 0.0539. The van der Waals surface area contributed by atoms with Gasteiger partial charge in [0.1, 0.15) is 5.75 Å². The minimum Gasteiger partial charge on any atom is -0.496 e. The van der Waals surface area contributed by atoms with Crippen molar-refractivity contribution in [2.45, 2.75) is 18.6 Å². The normalized spacial score (nSPS) is 31.9. The van der Waals surface area contributed by atoms with Gasteiger partial charge in [-0.05, 0) is 23.5 Å². The number of hydrogen-bond acceptors (Lipinski definition) is 5. The maximum atomic E-state index is 11.3. The third kappa shape index (κ3) is 3.54. The first kappa shape index (κ1) is 20.0. The molecule has 1 N–H and O–H groups in total. The Balaban J connectivity index is 1.37. The number of rotatable bonds is 6. The molecule has 1 saturated carbocycles. The topological polar surface area (TPSA) is 45.2 Å². The second-order valence-electron chi connectivity index (χ2n) is 9.02. The van der Waals surface area contributed by atoms with Gasteiger partial charge in [-0.15, -0.1) is 0 Å². The SMILES string of the molecule is COc1ccccc1CN1C[C@H](O)[C@@]2(C1)[C@H](CN1CCOCC1)[C@H]2c1ccccc1. The quantitative estimate of drug-likeness (QED) is 0.796. The maximum absolute atomic E-state index is 11.3. The fourth-order valence-corrected chi connectivity index (χ4v) is 5.92. The Hall–Kier alpha value is -1.92. The summed E-state index contributed by atoms with van der Waals surface area (Å²) in [5.74, 6) is 1.82. The van der Waals surface area contributed by atoms with Crippen LogP contribution in [0.25, 0.3) is 0 Å². The molecule has 2 saturated heterocycles. The zero-order chi connectivity index (χ0) is 20.6. The van der Waals surface area contributed by atoms with E-state index in [9.17, 15) is 5.11 Å². The zero-order valence-electron chi connectivity index (χ0n) is 17.7. The summed E-state index contributed by atoms with van der Waals surface area (Å²) in [7, 11) is 1.73. The fourth-order valence-electron chi connectivity index (χ4n) is 5.92. The molecule has 160 valence electrons. The molecule has 5 nitrogen and oxygen atoms in total. The molecule has 1 aliphatic carbocycles. The van der Waals surface area contributed by atoms with E-state index in [1.807, 2.05) is 12.1 Å². The van der Waals surface area contributed by atoms with Crippen LogP contribution in [0.5, 0.6) is 5.75 Å². The first-order chi connectivity index (χ1) is 14.7. The molecule has 2 aliphatic heterocycles. The first-order valence-corrected chi connectivity index (χ1v) is 11.1. The number of aliphatic hydroxyl groups is 1. The van der Waals surface area contributed by atoms with Crippen LogP contribution < -0.4 is 4.74 Å². The lowest BCUT2D eigenvalue weighted by molar-refractivity contribution is 0.0311. The number of para-hydroxylation sites is 1. The van der Waals surface area contributed by atoms with E-state index in [-0.39, 0.29) is 11.5 Å². The Kier molecular flexibility index (Phi) is 5.54. The number of ether oxygens (including phenoxy) is 2. The highest BCUT2D eigenvalue weighted by Crippen LogP contribution is 2.69. The summed E-state index contributed by atoms with van der Waals surface area (Å²) in [5.41, 5.74) is 2.50. The van der Waals surface area contributed by atoms with E-state index in [2.05, 4.69) is 52.3 Å². The van der Waals surface area contributed by atoms with Gasteiger partial charge in [0.25, 0.3) is 0 Å². The van der Waals surface area contributed by atoms with Crippen LogP contribution in [0.1, 0.15) is 17.0 Å². The van der Waals surface area contributed by atoms with Gasteiger partial charge in [0, 0.05) is 50.2 Å². The molecule has 2 aromatic carbocycles. The molecule has 0 radical (unpaired) electrons. The van der Waals surface area contributed by atoms with Crippen LogP contribution in [0, 0.1) is 11.3 Å². The van der Waals surface area contributed by atoms with Gasteiger partial charge in [-0.2, -0.15) is 0 Å². The number of likely N-dealkylation sites (tertiary alicyclic amines) is 1. The first-order valence-electron chi connectivity index (χ1n) is 11.1. The lowest BCUT2D eigenvalue weighted by atomic mass is 9.95. The lowest BCUT2D eigenvalue weighted by Gasteiger charge is -2.27. The van der Waals surface area contributed by atoms with Crippen molar-refractivity contribution in [1.82, 2.24) is 9.80 Å². The van der Waals surface area contributed by atoms with Gasteiger partial charge in [0.15, 0.2) is 0 Å². The van der Waals surface area contributed by atoms with Crippen LogP contribution in [0.3, 0.4) is 0 Å². The zero-order valence-corrected chi connectivity index (χ0v) is 17.7. The van der Waals surface area contributed by atoms with Crippen molar-refractivity contribution in [3.63, 3.8) is 0 Å². The van der Waals surface area contributed by atoms with E-state index in [4.69, 9.17) is 9.47 Å². The molecule has 2 heterocycles. The second-order valence-corrected chi connectivity index (χ2v) is 9.02. The van der Waals surface area contributed by atoms with Crippen molar-refractivity contribution in [3.8, 4) is 5.75 Å². The molecular weight excluding hydrogens is 376 g/mol. The fraction of sp³-hybridized carbons (Fsp3) is 0.520. The highest BCUT2D eigenvalue weighted by molar-refractivity contribution is 5.38. The van der Waals surface area contributed by atoms with E-state index < -0.39 is 0 Å². The third-order valence-electron chi connectivity index (χ3n) is 7.42. The van der Waals surface area contributed by atoms with E-state index in [0.29, 0.717) is 11.8 Å². The number of methoxy groups -OCH3 is 1. The number of nitrogens with zero attached hydrogens (tertiary/aromatic N) is 2. The van der Waals surface area contributed by atoms with Crippen molar-refractivity contribution < 1.29 is 14.6 Å². The summed E-state index contributed by atoms with van der Waals surface area (Å²) < 4.78 is 11.1. The largest absolute Gasteiger partial charge is 0.496 e. The molecule has 3 fully saturated rings. The summed E-state index contributed by atoms with van der Waals surface area (Å²) in [5, 5.41) is 11.3. The molecule has 4 atom stereocenters. The van der Waals surface area contributed by atoms with Gasteiger partial charge in [-0.3, -0.25) is 9.80 Å². The van der Waals surface area contributed by atoms with Crippen molar-refractivity contribution in [2.75, 3.05) is 53.0 Å². The highest BCUT2D eigenvalue weighted by Gasteiger charge is 2.71. The molecule has 1 spiro atoms. The Labute approximate surface area is 179 Å². The van der Waals surface area contributed by atoms with Crippen molar-refractivity contribution >= 4 is 0 Å². The van der Waals surface area contributed by atoms with Crippen LogP contribution >= 0.6 is 0 Å². The molecule has 0 bridgehead atoms. The number of hydrogen-bond donors (Lipinski definition) is 1. The summed E-state index contributed by atoms with van der Waals surface area (Å²) in [6.07, 6.45) is -0.302. The second kappa shape index (κ2) is 8.31. The van der Waals surface area contributed by atoms with E-state index in [1.165, 1.54) is 11.1 Å². The van der Waals surface area contributed by atoms with Crippen LogP contribution in [-0.2, 0) is 11.3 Å². The monoisotopic (exact) mass is 408 g/mol. The Morgan fingerprint density at radius 3 is 2.53 bits per heavy atom. The third-order valence-corrected chi connectivity index (χ3v) is 7.42. The smallest absolute Gasteiger partial charge is 0.123 e. The standard InChI is InChI=1S/C25H32N2O3/c1-29-22-10-6-5-9-20(22)15-27-17-23(28)25(18-27)21(16-26-11-13-30-14-12-26)24(25)19-7-3-2-4-8-19/h2-10,21,23-24,28H,11-18H2,1H3/t21-,23+,24-,25-/m1/s1. The molecular formula is C25H32N2O3. The molecule has 2 aromatic rings. The Morgan fingerprint density at radius 1 is 1.03 bits per heavy atom. The molecule has 0 amide bonds.